The van der Waals surface area contributed by atoms with Crippen molar-refractivity contribution in [3.8, 4) is 11.5 Å². The highest BCUT2D eigenvalue weighted by Gasteiger charge is 2.24. The van der Waals surface area contributed by atoms with Gasteiger partial charge in [-0.2, -0.15) is 0 Å². The Balaban J connectivity index is 2.37. The van der Waals surface area contributed by atoms with E-state index in [1.54, 1.807) is 24.0 Å². The minimum atomic E-state index is -0.552. The van der Waals surface area contributed by atoms with Gasteiger partial charge in [-0.15, -0.1) is 0 Å². The summed E-state index contributed by atoms with van der Waals surface area (Å²) in [6.45, 7) is 3.37. The predicted molar refractivity (Wildman–Crippen MR) is 85.3 cm³/mol. The molecule has 23 heavy (non-hydrogen) atoms. The van der Waals surface area contributed by atoms with Gasteiger partial charge in [0.1, 0.15) is 17.1 Å². The first-order chi connectivity index (χ1) is 11.1. The van der Waals surface area contributed by atoms with Crippen molar-refractivity contribution in [3.05, 3.63) is 17.7 Å². The molecule has 126 valence electrons. The van der Waals surface area contributed by atoms with Crippen LogP contribution in [-0.2, 0) is 4.74 Å². The summed E-state index contributed by atoms with van der Waals surface area (Å²) in [6.07, 6.45) is 1.97. The zero-order valence-corrected chi connectivity index (χ0v) is 13.7. The molecule has 0 aliphatic carbocycles. The minimum Gasteiger partial charge on any atom is -0.497 e. The van der Waals surface area contributed by atoms with Gasteiger partial charge in [0.2, 0.25) is 0 Å². The van der Waals surface area contributed by atoms with Crippen molar-refractivity contribution in [1.82, 2.24) is 4.90 Å². The van der Waals surface area contributed by atoms with Crippen LogP contribution in [0.4, 0.5) is 10.5 Å². The predicted octanol–water partition coefficient (Wildman–Crippen LogP) is 2.51. The van der Waals surface area contributed by atoms with Crippen LogP contribution in [-0.4, -0.2) is 50.8 Å². The Kier molecular flexibility index (Phi) is 5.67. The molecule has 1 aromatic rings. The fourth-order valence-corrected chi connectivity index (χ4v) is 2.50. The summed E-state index contributed by atoms with van der Waals surface area (Å²) in [5, 5.41) is 2.77. The summed E-state index contributed by atoms with van der Waals surface area (Å²) in [4.78, 5) is 26.3. The maximum Gasteiger partial charge on any atom is 0.344 e. The van der Waals surface area contributed by atoms with Crippen molar-refractivity contribution in [2.75, 3.05) is 39.2 Å². The number of nitrogens with one attached hydrogen (secondary N) is 1. The summed E-state index contributed by atoms with van der Waals surface area (Å²) in [5.41, 5.74) is 0.499. The second-order valence-corrected chi connectivity index (χ2v) is 5.10. The van der Waals surface area contributed by atoms with E-state index in [2.05, 4.69) is 5.32 Å². The smallest absolute Gasteiger partial charge is 0.344 e. The van der Waals surface area contributed by atoms with E-state index < -0.39 is 5.97 Å². The summed E-state index contributed by atoms with van der Waals surface area (Å²) in [6, 6.07) is 2.92. The Hall–Kier alpha value is -2.44. The standard InChI is InChI=1S/C16H22N2O5/c1-4-23-15(19)14-12(9-11(21-2)10-13(14)22-3)17-16(20)18-7-5-6-8-18/h9-10H,4-8H2,1-3H3,(H,17,20). The number of benzene rings is 1. The lowest BCUT2D eigenvalue weighted by Gasteiger charge is -2.19. The van der Waals surface area contributed by atoms with Gasteiger partial charge in [-0.3, -0.25) is 0 Å². The molecular weight excluding hydrogens is 300 g/mol. The van der Waals surface area contributed by atoms with Crippen molar-refractivity contribution >= 4 is 17.7 Å². The first kappa shape index (κ1) is 16.9. The minimum absolute atomic E-state index is 0.183. The molecule has 1 N–H and O–H groups in total. The Morgan fingerprint density at radius 1 is 1.17 bits per heavy atom. The molecule has 7 heteroatoms. The molecule has 0 aromatic heterocycles. The summed E-state index contributed by atoms with van der Waals surface area (Å²) in [7, 11) is 2.95. The third-order valence-corrected chi connectivity index (χ3v) is 3.65. The van der Waals surface area contributed by atoms with Gasteiger partial charge in [0.05, 0.1) is 26.5 Å². The fourth-order valence-electron chi connectivity index (χ4n) is 2.50. The number of nitrogens with zero attached hydrogens (tertiary/aromatic N) is 1. The van der Waals surface area contributed by atoms with E-state index in [0.717, 1.165) is 12.8 Å². The van der Waals surface area contributed by atoms with Gasteiger partial charge in [-0.05, 0) is 19.8 Å². The molecule has 1 aliphatic rings. The average Bonchev–Trinajstić information content (AvgIpc) is 3.08. The van der Waals surface area contributed by atoms with E-state index in [4.69, 9.17) is 14.2 Å². The van der Waals surface area contributed by atoms with Crippen molar-refractivity contribution < 1.29 is 23.8 Å². The normalized spacial score (nSPS) is 13.6. The molecule has 1 heterocycles. The number of esters is 1. The van der Waals surface area contributed by atoms with Gasteiger partial charge in [-0.25, -0.2) is 9.59 Å². The Morgan fingerprint density at radius 2 is 1.87 bits per heavy atom. The molecule has 0 unspecified atom stereocenters. The van der Waals surface area contributed by atoms with Crippen LogP contribution in [0.25, 0.3) is 0 Å². The molecule has 7 nitrogen and oxygen atoms in total. The SMILES string of the molecule is CCOC(=O)c1c(NC(=O)N2CCCC2)cc(OC)cc1OC. The van der Waals surface area contributed by atoms with E-state index in [0.29, 0.717) is 30.3 Å². The van der Waals surface area contributed by atoms with Crippen LogP contribution in [0, 0.1) is 0 Å². The Bertz CT molecular complexity index is 582. The van der Waals surface area contributed by atoms with Crippen molar-refractivity contribution in [1.29, 1.82) is 0 Å². The molecule has 0 bridgehead atoms. The van der Waals surface area contributed by atoms with Crippen LogP contribution >= 0.6 is 0 Å². The Labute approximate surface area is 135 Å². The van der Waals surface area contributed by atoms with Gasteiger partial charge in [-0.1, -0.05) is 0 Å². The van der Waals surface area contributed by atoms with E-state index in [9.17, 15) is 9.59 Å². The summed E-state index contributed by atoms with van der Waals surface area (Å²) < 4.78 is 15.5. The number of urea groups is 1. The number of methoxy groups -OCH3 is 2. The second-order valence-electron chi connectivity index (χ2n) is 5.10. The molecule has 1 saturated heterocycles. The lowest BCUT2D eigenvalue weighted by atomic mass is 10.1. The van der Waals surface area contributed by atoms with Crippen LogP contribution in [0.3, 0.4) is 0 Å². The zero-order chi connectivity index (χ0) is 16.8. The molecular formula is C16H22N2O5. The largest absolute Gasteiger partial charge is 0.497 e. The highest BCUT2D eigenvalue weighted by atomic mass is 16.5. The summed E-state index contributed by atoms with van der Waals surface area (Å²) in [5.74, 6) is 0.217. The van der Waals surface area contributed by atoms with Gasteiger partial charge >= 0.3 is 12.0 Å². The molecule has 1 aromatic carbocycles. The second kappa shape index (κ2) is 7.71. The number of likely N-dealkylation sites (tertiary alicyclic amines) is 1. The number of ether oxygens (including phenoxy) is 3. The first-order valence-corrected chi connectivity index (χ1v) is 7.59. The van der Waals surface area contributed by atoms with Crippen LogP contribution in [0.2, 0.25) is 0 Å². The number of rotatable bonds is 5. The Morgan fingerprint density at radius 3 is 2.43 bits per heavy atom. The molecule has 0 radical (unpaired) electrons. The molecule has 0 saturated carbocycles. The maximum atomic E-state index is 12.3. The summed E-state index contributed by atoms with van der Waals surface area (Å²) >= 11 is 0. The molecule has 0 atom stereocenters. The third kappa shape index (κ3) is 3.85. The van der Waals surface area contributed by atoms with E-state index >= 15 is 0 Å². The van der Waals surface area contributed by atoms with E-state index in [-0.39, 0.29) is 18.2 Å². The molecule has 1 aliphatic heterocycles. The monoisotopic (exact) mass is 322 g/mol. The maximum absolute atomic E-state index is 12.3. The number of carbonyl (C=O) groups is 2. The topological polar surface area (TPSA) is 77.1 Å². The molecule has 2 amide bonds. The van der Waals surface area contributed by atoms with Gasteiger partial charge in [0, 0.05) is 25.2 Å². The highest BCUT2D eigenvalue weighted by molar-refractivity contribution is 6.03. The average molecular weight is 322 g/mol. The van der Waals surface area contributed by atoms with Crippen LogP contribution < -0.4 is 14.8 Å². The number of carbonyl (C=O) groups excluding carboxylic acids is 2. The fraction of sp³-hybridized carbons (Fsp3) is 0.500. The van der Waals surface area contributed by atoms with Gasteiger partial charge in [0.25, 0.3) is 0 Å². The third-order valence-electron chi connectivity index (χ3n) is 3.65. The molecule has 2 rings (SSSR count). The van der Waals surface area contributed by atoms with Crippen molar-refractivity contribution in [2.45, 2.75) is 19.8 Å². The lowest BCUT2D eigenvalue weighted by molar-refractivity contribution is 0.0524. The van der Waals surface area contributed by atoms with Gasteiger partial charge < -0.3 is 24.4 Å². The number of hydrogen-bond donors (Lipinski definition) is 1. The van der Waals surface area contributed by atoms with Gasteiger partial charge in [0.15, 0.2) is 0 Å². The number of hydrogen-bond acceptors (Lipinski definition) is 5. The highest BCUT2D eigenvalue weighted by Crippen LogP contribution is 2.33. The molecule has 1 fully saturated rings. The van der Waals surface area contributed by atoms with E-state index in [1.165, 1.54) is 14.2 Å². The van der Waals surface area contributed by atoms with Crippen LogP contribution in [0.15, 0.2) is 12.1 Å². The number of amides is 2. The van der Waals surface area contributed by atoms with Crippen molar-refractivity contribution in [3.63, 3.8) is 0 Å². The lowest BCUT2D eigenvalue weighted by Crippen LogP contribution is -2.32. The van der Waals surface area contributed by atoms with Crippen LogP contribution in [0.5, 0.6) is 11.5 Å². The quantitative estimate of drug-likeness (QED) is 0.843. The first-order valence-electron chi connectivity index (χ1n) is 7.59. The zero-order valence-electron chi connectivity index (χ0n) is 13.7. The van der Waals surface area contributed by atoms with E-state index in [1.807, 2.05) is 0 Å². The van der Waals surface area contributed by atoms with Crippen LogP contribution in [0.1, 0.15) is 30.1 Å². The molecule has 0 spiro atoms. The number of anilines is 1. The van der Waals surface area contributed by atoms with Crippen molar-refractivity contribution in [2.24, 2.45) is 0 Å².